The number of ether oxygens (including phenoxy) is 2. The second kappa shape index (κ2) is 7.74. The first-order valence-electron chi connectivity index (χ1n) is 7.79. The predicted molar refractivity (Wildman–Crippen MR) is 91.8 cm³/mol. The van der Waals surface area contributed by atoms with E-state index in [9.17, 15) is 0 Å². The first-order chi connectivity index (χ1) is 11.6. The number of aryl methyl sites for hydroxylation is 1. The maximum absolute atomic E-state index is 5.97. The van der Waals surface area contributed by atoms with E-state index in [1.807, 2.05) is 18.2 Å². The van der Waals surface area contributed by atoms with Crippen molar-refractivity contribution >= 4 is 23.1 Å². The quantitative estimate of drug-likeness (QED) is 0.773. The fraction of sp³-hybridized carbons (Fsp3) is 0.438. The zero-order valence-electron chi connectivity index (χ0n) is 13.5. The maximum atomic E-state index is 5.97. The lowest BCUT2D eigenvalue weighted by Gasteiger charge is -2.12. The summed E-state index contributed by atoms with van der Waals surface area (Å²) in [5, 5.41) is 3.40. The molecule has 7 nitrogen and oxygen atoms in total. The SMILES string of the molecule is Cc1nc(Cl)c(N)c(NCc2cccc(COC3CCOC3)n2)n1. The lowest BCUT2D eigenvalue weighted by molar-refractivity contribution is 0.0301. The van der Waals surface area contributed by atoms with Gasteiger partial charge in [-0.1, -0.05) is 17.7 Å². The van der Waals surface area contributed by atoms with Crippen LogP contribution in [0.25, 0.3) is 0 Å². The van der Waals surface area contributed by atoms with Gasteiger partial charge in [-0.2, -0.15) is 0 Å². The number of aromatic nitrogens is 3. The second-order valence-electron chi connectivity index (χ2n) is 5.59. The Bertz CT molecular complexity index is 707. The van der Waals surface area contributed by atoms with Gasteiger partial charge in [-0.25, -0.2) is 9.97 Å². The van der Waals surface area contributed by atoms with E-state index >= 15 is 0 Å². The normalized spacial score (nSPS) is 17.2. The van der Waals surface area contributed by atoms with Crippen molar-refractivity contribution < 1.29 is 9.47 Å². The lowest BCUT2D eigenvalue weighted by Crippen LogP contribution is -2.13. The van der Waals surface area contributed by atoms with E-state index < -0.39 is 0 Å². The Morgan fingerprint density at radius 3 is 2.96 bits per heavy atom. The summed E-state index contributed by atoms with van der Waals surface area (Å²) in [5.41, 5.74) is 7.97. The van der Waals surface area contributed by atoms with Crippen molar-refractivity contribution in [3.63, 3.8) is 0 Å². The summed E-state index contributed by atoms with van der Waals surface area (Å²) in [5.74, 6) is 1.07. The number of pyridine rings is 1. The zero-order valence-corrected chi connectivity index (χ0v) is 14.2. The first-order valence-corrected chi connectivity index (χ1v) is 8.17. The highest BCUT2D eigenvalue weighted by Crippen LogP contribution is 2.23. The maximum Gasteiger partial charge on any atom is 0.157 e. The Morgan fingerprint density at radius 2 is 2.17 bits per heavy atom. The third-order valence-corrected chi connectivity index (χ3v) is 3.96. The molecule has 0 amide bonds. The number of hydrogen-bond acceptors (Lipinski definition) is 7. The van der Waals surface area contributed by atoms with E-state index in [-0.39, 0.29) is 11.3 Å². The van der Waals surface area contributed by atoms with Gasteiger partial charge in [0, 0.05) is 6.61 Å². The Morgan fingerprint density at radius 1 is 1.33 bits per heavy atom. The van der Waals surface area contributed by atoms with Crippen LogP contribution in [0.2, 0.25) is 5.15 Å². The van der Waals surface area contributed by atoms with Gasteiger partial charge in [0.2, 0.25) is 0 Å². The number of rotatable bonds is 6. The van der Waals surface area contributed by atoms with Gasteiger partial charge in [-0.15, -0.1) is 0 Å². The van der Waals surface area contributed by atoms with Crippen LogP contribution in [0.5, 0.6) is 0 Å². The molecule has 128 valence electrons. The van der Waals surface area contributed by atoms with Crippen LogP contribution in [0.1, 0.15) is 23.6 Å². The molecule has 1 atom stereocenters. The average molecular weight is 350 g/mol. The average Bonchev–Trinajstić information content (AvgIpc) is 3.09. The van der Waals surface area contributed by atoms with Gasteiger partial charge < -0.3 is 20.5 Å². The first kappa shape index (κ1) is 16.9. The molecule has 0 radical (unpaired) electrons. The molecule has 1 aliphatic heterocycles. The molecular formula is C16H20ClN5O2. The predicted octanol–water partition coefficient (Wildman–Crippen LogP) is 2.33. The van der Waals surface area contributed by atoms with Gasteiger partial charge in [-0.05, 0) is 25.5 Å². The minimum Gasteiger partial charge on any atom is -0.393 e. The third kappa shape index (κ3) is 4.31. The van der Waals surface area contributed by atoms with Crippen LogP contribution < -0.4 is 11.1 Å². The summed E-state index contributed by atoms with van der Waals surface area (Å²) < 4.78 is 11.1. The number of nitrogens with zero attached hydrogens (tertiary/aromatic N) is 3. The molecule has 3 N–H and O–H groups in total. The molecule has 8 heteroatoms. The Labute approximate surface area is 145 Å². The van der Waals surface area contributed by atoms with Crippen molar-refractivity contribution in [2.24, 2.45) is 0 Å². The zero-order chi connectivity index (χ0) is 16.9. The number of hydrogen-bond donors (Lipinski definition) is 2. The number of anilines is 2. The molecule has 1 saturated heterocycles. The summed E-state index contributed by atoms with van der Waals surface area (Å²) in [6.07, 6.45) is 1.11. The molecule has 0 bridgehead atoms. The highest BCUT2D eigenvalue weighted by atomic mass is 35.5. The minimum absolute atomic E-state index is 0.166. The molecule has 0 aliphatic carbocycles. The molecule has 0 aromatic carbocycles. The molecule has 1 aliphatic rings. The van der Waals surface area contributed by atoms with Gasteiger partial charge in [0.05, 0.1) is 37.3 Å². The Kier molecular flexibility index (Phi) is 5.44. The van der Waals surface area contributed by atoms with Crippen molar-refractivity contribution in [2.45, 2.75) is 32.6 Å². The number of halogens is 1. The molecule has 0 spiro atoms. The summed E-state index contributed by atoms with van der Waals surface area (Å²) in [6.45, 7) is 4.15. The highest BCUT2D eigenvalue weighted by molar-refractivity contribution is 6.32. The van der Waals surface area contributed by atoms with E-state index in [1.54, 1.807) is 6.92 Å². The van der Waals surface area contributed by atoms with Crippen LogP contribution in [0, 0.1) is 6.92 Å². The molecule has 2 aromatic rings. The largest absolute Gasteiger partial charge is 0.393 e. The Balaban J connectivity index is 1.60. The van der Waals surface area contributed by atoms with Crippen molar-refractivity contribution in [1.82, 2.24) is 15.0 Å². The van der Waals surface area contributed by atoms with Gasteiger partial charge in [0.1, 0.15) is 11.5 Å². The molecule has 1 unspecified atom stereocenters. The standard InChI is InChI=1S/C16H20ClN5O2/c1-10-20-15(17)14(18)16(21-10)19-7-11-3-2-4-12(22-11)8-24-13-5-6-23-9-13/h2-4,13H,5-9,18H2,1H3,(H,19,20,21). The molecule has 0 saturated carbocycles. The van der Waals surface area contributed by atoms with Gasteiger partial charge in [-0.3, -0.25) is 4.98 Å². The number of nitrogen functional groups attached to an aromatic ring is 1. The molecule has 2 aromatic heterocycles. The summed E-state index contributed by atoms with van der Waals surface area (Å²) >= 11 is 5.97. The van der Waals surface area contributed by atoms with E-state index in [4.69, 9.17) is 26.8 Å². The second-order valence-corrected chi connectivity index (χ2v) is 5.95. The monoisotopic (exact) mass is 349 g/mol. The van der Waals surface area contributed by atoms with Gasteiger partial charge >= 0.3 is 0 Å². The molecular weight excluding hydrogens is 330 g/mol. The smallest absolute Gasteiger partial charge is 0.157 e. The molecule has 24 heavy (non-hydrogen) atoms. The Hall–Kier alpha value is -1.96. The minimum atomic E-state index is 0.166. The van der Waals surface area contributed by atoms with Crippen molar-refractivity contribution in [3.05, 3.63) is 40.6 Å². The summed E-state index contributed by atoms with van der Waals surface area (Å²) in [7, 11) is 0. The third-order valence-electron chi connectivity index (χ3n) is 3.67. The van der Waals surface area contributed by atoms with Crippen molar-refractivity contribution in [3.8, 4) is 0 Å². The topological polar surface area (TPSA) is 95.2 Å². The lowest BCUT2D eigenvalue weighted by atomic mass is 10.3. The molecule has 1 fully saturated rings. The van der Waals surface area contributed by atoms with Crippen molar-refractivity contribution in [2.75, 3.05) is 24.3 Å². The fourth-order valence-electron chi connectivity index (χ4n) is 2.41. The number of nitrogens with two attached hydrogens (primary N) is 1. The fourth-order valence-corrected chi connectivity index (χ4v) is 2.62. The van der Waals surface area contributed by atoms with E-state index in [0.29, 0.717) is 37.1 Å². The summed E-state index contributed by atoms with van der Waals surface area (Å²) in [6, 6.07) is 5.83. The highest BCUT2D eigenvalue weighted by Gasteiger charge is 2.16. The van der Waals surface area contributed by atoms with Crippen molar-refractivity contribution in [1.29, 1.82) is 0 Å². The van der Waals surface area contributed by atoms with Crippen LogP contribution >= 0.6 is 11.6 Å². The van der Waals surface area contributed by atoms with Crippen LogP contribution in [0.15, 0.2) is 18.2 Å². The van der Waals surface area contributed by atoms with Gasteiger partial charge in [0.25, 0.3) is 0 Å². The van der Waals surface area contributed by atoms with E-state index in [2.05, 4.69) is 20.3 Å². The van der Waals surface area contributed by atoms with Crippen LogP contribution in [0.4, 0.5) is 11.5 Å². The van der Waals surface area contributed by atoms with Crippen LogP contribution in [-0.4, -0.2) is 34.3 Å². The van der Waals surface area contributed by atoms with Crippen LogP contribution in [0.3, 0.4) is 0 Å². The van der Waals surface area contributed by atoms with Crippen LogP contribution in [-0.2, 0) is 22.6 Å². The number of nitrogens with one attached hydrogen (secondary N) is 1. The summed E-state index contributed by atoms with van der Waals surface area (Å²) in [4.78, 5) is 12.9. The molecule has 3 heterocycles. The van der Waals surface area contributed by atoms with Gasteiger partial charge in [0.15, 0.2) is 11.0 Å². The van der Waals surface area contributed by atoms with E-state index in [0.717, 1.165) is 24.4 Å². The van der Waals surface area contributed by atoms with E-state index in [1.165, 1.54) is 0 Å². The molecule has 3 rings (SSSR count).